The molecule has 2 aromatic carbocycles. The molecule has 4 nitrogen and oxygen atoms in total. The van der Waals surface area contributed by atoms with Crippen LogP contribution in [0.5, 0.6) is 0 Å². The smallest absolute Gasteiger partial charge is 0.322 e. The van der Waals surface area contributed by atoms with Crippen LogP contribution in [0.1, 0.15) is 11.1 Å². The summed E-state index contributed by atoms with van der Waals surface area (Å²) in [6, 6.07) is 13.1. The number of alkyl halides is 3. The number of aromatic amines is 1. The highest BCUT2D eigenvalue weighted by Crippen LogP contribution is 2.30. The molecule has 0 fully saturated rings. The maximum absolute atomic E-state index is 12.7. The van der Waals surface area contributed by atoms with E-state index in [1.54, 1.807) is 18.2 Å². The van der Waals surface area contributed by atoms with Crippen molar-refractivity contribution in [2.45, 2.75) is 6.18 Å². The second-order valence-corrected chi connectivity index (χ2v) is 5.54. The summed E-state index contributed by atoms with van der Waals surface area (Å²) in [6.45, 7) is 0. The van der Waals surface area contributed by atoms with Gasteiger partial charge in [0, 0.05) is 22.8 Å². The average molecular weight is 358 g/mol. The molecular weight excluding hydrogens is 345 g/mol. The maximum atomic E-state index is 12.7. The average Bonchev–Trinajstić information content (AvgIpc) is 2.59. The van der Waals surface area contributed by atoms with Gasteiger partial charge in [0.1, 0.15) is 0 Å². The van der Waals surface area contributed by atoms with Gasteiger partial charge < -0.3 is 10.3 Å². The number of carbonyl (C=O) groups is 1. The number of para-hydroxylation sites is 1. The Bertz CT molecular complexity index is 1050. The van der Waals surface area contributed by atoms with Gasteiger partial charge in [-0.2, -0.15) is 13.2 Å². The summed E-state index contributed by atoms with van der Waals surface area (Å²) in [4.78, 5) is 26.6. The number of anilines is 1. The number of rotatable bonds is 3. The second kappa shape index (κ2) is 6.87. The normalized spacial score (nSPS) is 11.8. The van der Waals surface area contributed by atoms with Crippen molar-refractivity contribution in [3.05, 3.63) is 82.2 Å². The first-order valence-corrected chi connectivity index (χ1v) is 7.61. The Balaban J connectivity index is 1.78. The van der Waals surface area contributed by atoms with E-state index in [4.69, 9.17) is 0 Å². The molecule has 0 radical (unpaired) electrons. The Labute approximate surface area is 146 Å². The highest BCUT2D eigenvalue weighted by Gasteiger charge is 2.30. The Hall–Kier alpha value is -3.35. The fourth-order valence-corrected chi connectivity index (χ4v) is 2.41. The van der Waals surface area contributed by atoms with Crippen molar-refractivity contribution < 1.29 is 18.0 Å². The minimum Gasteiger partial charge on any atom is -0.322 e. The number of hydrogen-bond donors (Lipinski definition) is 2. The molecule has 0 saturated heterocycles. The predicted octanol–water partition coefficient (Wildman–Crippen LogP) is 4.20. The third kappa shape index (κ3) is 4.00. The number of aromatic nitrogens is 1. The summed E-state index contributed by atoms with van der Waals surface area (Å²) in [7, 11) is 0. The van der Waals surface area contributed by atoms with Crippen LogP contribution in [0, 0.1) is 0 Å². The van der Waals surface area contributed by atoms with Crippen molar-refractivity contribution in [1.82, 2.24) is 4.98 Å². The fraction of sp³-hybridized carbons (Fsp3) is 0.0526. The van der Waals surface area contributed by atoms with Crippen LogP contribution in [0.2, 0.25) is 0 Å². The molecule has 0 unspecified atom stereocenters. The topological polar surface area (TPSA) is 62.0 Å². The lowest BCUT2D eigenvalue weighted by Gasteiger charge is -2.08. The number of nitrogens with one attached hydrogen (secondary N) is 2. The Kier molecular flexibility index (Phi) is 4.62. The number of benzene rings is 2. The minimum absolute atomic E-state index is 0.0156. The van der Waals surface area contributed by atoms with E-state index in [-0.39, 0.29) is 16.8 Å². The number of hydrogen-bond acceptors (Lipinski definition) is 2. The van der Waals surface area contributed by atoms with Crippen LogP contribution in [-0.2, 0) is 11.0 Å². The first-order valence-electron chi connectivity index (χ1n) is 7.61. The quantitative estimate of drug-likeness (QED) is 0.690. The van der Waals surface area contributed by atoms with Crippen molar-refractivity contribution in [1.29, 1.82) is 0 Å². The molecule has 26 heavy (non-hydrogen) atoms. The summed E-state index contributed by atoms with van der Waals surface area (Å²) >= 11 is 0. The molecule has 0 aliphatic heterocycles. The van der Waals surface area contributed by atoms with Crippen LogP contribution in [0.4, 0.5) is 18.9 Å². The molecule has 0 aliphatic rings. The van der Waals surface area contributed by atoms with Crippen molar-refractivity contribution >= 4 is 28.6 Å². The van der Waals surface area contributed by atoms with Crippen molar-refractivity contribution in [2.24, 2.45) is 0 Å². The van der Waals surface area contributed by atoms with Gasteiger partial charge >= 0.3 is 6.18 Å². The van der Waals surface area contributed by atoms with Crippen LogP contribution >= 0.6 is 0 Å². The van der Waals surface area contributed by atoms with E-state index in [9.17, 15) is 22.8 Å². The largest absolute Gasteiger partial charge is 0.416 e. The summed E-state index contributed by atoms with van der Waals surface area (Å²) in [6.07, 6.45) is -2.08. The van der Waals surface area contributed by atoms with Crippen LogP contribution in [0.15, 0.2) is 65.5 Å². The Morgan fingerprint density at radius 2 is 1.81 bits per heavy atom. The highest BCUT2D eigenvalue weighted by atomic mass is 19.4. The Morgan fingerprint density at radius 3 is 2.58 bits per heavy atom. The SMILES string of the molecule is O=C(/C=C/c1cc2ccccc2[nH]c1=O)Nc1cccc(C(F)(F)F)c1. The van der Waals surface area contributed by atoms with E-state index in [0.717, 1.165) is 23.6 Å². The molecule has 0 atom stereocenters. The molecule has 7 heteroatoms. The van der Waals surface area contributed by atoms with Crippen LogP contribution < -0.4 is 10.9 Å². The second-order valence-electron chi connectivity index (χ2n) is 5.54. The monoisotopic (exact) mass is 358 g/mol. The van der Waals surface area contributed by atoms with Gasteiger partial charge in [-0.3, -0.25) is 9.59 Å². The first-order chi connectivity index (χ1) is 12.3. The molecule has 1 heterocycles. The minimum atomic E-state index is -4.49. The molecule has 1 amide bonds. The number of carbonyl (C=O) groups excluding carboxylic acids is 1. The van der Waals surface area contributed by atoms with E-state index in [1.165, 1.54) is 18.2 Å². The van der Waals surface area contributed by atoms with Crippen molar-refractivity contribution in [2.75, 3.05) is 5.32 Å². The van der Waals surface area contributed by atoms with Gasteiger partial charge in [0.15, 0.2) is 0 Å². The van der Waals surface area contributed by atoms with Crippen LogP contribution in [-0.4, -0.2) is 10.9 Å². The summed E-state index contributed by atoms with van der Waals surface area (Å²) in [5.41, 5.74) is -0.273. The first kappa shape index (κ1) is 17.5. The molecule has 132 valence electrons. The molecule has 0 spiro atoms. The highest BCUT2D eigenvalue weighted by molar-refractivity contribution is 6.02. The fourth-order valence-electron chi connectivity index (χ4n) is 2.41. The third-order valence-corrected chi connectivity index (χ3v) is 3.65. The number of pyridine rings is 1. The van der Waals surface area contributed by atoms with E-state index in [2.05, 4.69) is 10.3 Å². The lowest BCUT2D eigenvalue weighted by molar-refractivity contribution is -0.137. The van der Waals surface area contributed by atoms with Crippen molar-refractivity contribution in [3.8, 4) is 0 Å². The molecule has 3 rings (SSSR count). The molecule has 3 aromatic rings. The van der Waals surface area contributed by atoms with E-state index < -0.39 is 17.6 Å². The standard InChI is InChI=1S/C19H13F3N2O2/c20-19(21,22)14-5-3-6-15(11-14)23-17(25)9-8-13-10-12-4-1-2-7-16(12)24-18(13)26/h1-11H,(H,23,25)(H,24,26)/b9-8+. The molecular formula is C19H13F3N2O2. The van der Waals surface area contributed by atoms with E-state index >= 15 is 0 Å². The summed E-state index contributed by atoms with van der Waals surface area (Å²) in [5.74, 6) is -0.642. The third-order valence-electron chi connectivity index (χ3n) is 3.65. The molecule has 1 aromatic heterocycles. The van der Waals surface area contributed by atoms with E-state index in [0.29, 0.717) is 5.52 Å². The number of amides is 1. The molecule has 0 aliphatic carbocycles. The summed E-state index contributed by atoms with van der Waals surface area (Å²) < 4.78 is 38.0. The van der Waals surface area contributed by atoms with Crippen molar-refractivity contribution in [3.63, 3.8) is 0 Å². The van der Waals surface area contributed by atoms with Gasteiger partial charge in [0.05, 0.1) is 5.56 Å². The number of fused-ring (bicyclic) bond motifs is 1. The predicted molar refractivity (Wildman–Crippen MR) is 93.7 cm³/mol. The van der Waals surface area contributed by atoms with Gasteiger partial charge in [0.2, 0.25) is 5.91 Å². The summed E-state index contributed by atoms with van der Waals surface area (Å²) in [5, 5.41) is 3.14. The zero-order valence-electron chi connectivity index (χ0n) is 13.3. The van der Waals surface area contributed by atoms with Gasteiger partial charge in [-0.1, -0.05) is 24.3 Å². The number of H-pyrrole nitrogens is 1. The molecule has 0 bridgehead atoms. The van der Waals surface area contributed by atoms with Gasteiger partial charge in [-0.25, -0.2) is 0 Å². The van der Waals surface area contributed by atoms with Crippen LogP contribution in [0.3, 0.4) is 0 Å². The van der Waals surface area contributed by atoms with Crippen LogP contribution in [0.25, 0.3) is 17.0 Å². The van der Waals surface area contributed by atoms with E-state index in [1.807, 2.05) is 12.1 Å². The molecule has 0 saturated carbocycles. The molecule has 2 N–H and O–H groups in total. The van der Waals surface area contributed by atoms with Gasteiger partial charge in [-0.15, -0.1) is 0 Å². The Morgan fingerprint density at radius 1 is 1.04 bits per heavy atom. The lowest BCUT2D eigenvalue weighted by Crippen LogP contribution is -2.12. The zero-order valence-corrected chi connectivity index (χ0v) is 13.3. The van der Waals surface area contributed by atoms with Gasteiger partial charge in [-0.05, 0) is 41.8 Å². The maximum Gasteiger partial charge on any atom is 0.416 e. The number of halogens is 3. The van der Waals surface area contributed by atoms with Gasteiger partial charge in [0.25, 0.3) is 5.56 Å². The zero-order chi connectivity index (χ0) is 18.7. The lowest BCUT2D eigenvalue weighted by atomic mass is 10.1.